The minimum absolute atomic E-state index is 0.405. The van der Waals surface area contributed by atoms with E-state index >= 15 is 0 Å². The van der Waals surface area contributed by atoms with E-state index in [1.807, 2.05) is 23.6 Å². The Bertz CT molecular complexity index is 1170. The van der Waals surface area contributed by atoms with Gasteiger partial charge in [0.2, 0.25) is 0 Å². The van der Waals surface area contributed by atoms with Crippen LogP contribution in [0.3, 0.4) is 0 Å². The topological polar surface area (TPSA) is 97.6 Å². The van der Waals surface area contributed by atoms with E-state index in [-0.39, 0.29) is 0 Å². The number of methoxy groups -OCH3 is 1. The van der Waals surface area contributed by atoms with E-state index in [1.165, 1.54) is 10.3 Å². The maximum Gasteiger partial charge on any atom is 0.329 e. The number of fused-ring (bicyclic) bond motifs is 1. The Labute approximate surface area is 186 Å². The molecule has 0 unspecified atom stereocenters. The summed E-state index contributed by atoms with van der Waals surface area (Å²) in [6.07, 6.45) is 0. The summed E-state index contributed by atoms with van der Waals surface area (Å²) in [6.45, 7) is 7.65. The number of nitrogens with zero attached hydrogens (tertiary/aromatic N) is 5. The molecule has 1 N–H and O–H groups in total. The van der Waals surface area contributed by atoms with E-state index in [1.54, 1.807) is 14.2 Å². The van der Waals surface area contributed by atoms with Gasteiger partial charge in [0.05, 0.1) is 20.3 Å². The van der Waals surface area contributed by atoms with Crippen LogP contribution in [-0.4, -0.2) is 70.5 Å². The molecule has 0 atom stereocenters. The van der Waals surface area contributed by atoms with Crippen molar-refractivity contribution in [3.05, 3.63) is 50.9 Å². The molecular weight excluding hydrogens is 412 g/mol. The molecule has 0 aliphatic carbocycles. The van der Waals surface area contributed by atoms with Crippen molar-refractivity contribution >= 4 is 16.9 Å². The highest BCUT2D eigenvalue weighted by Crippen LogP contribution is 2.21. The van der Waals surface area contributed by atoms with Gasteiger partial charge < -0.3 is 18.9 Å². The molecule has 10 heteroatoms. The van der Waals surface area contributed by atoms with Gasteiger partial charge >= 0.3 is 5.69 Å². The maximum atomic E-state index is 12.6. The third-order valence-electron chi connectivity index (χ3n) is 5.92. The number of nitrogens with one attached hydrogen (secondary N) is 1. The number of hydrogen-bond acceptors (Lipinski definition) is 7. The molecular formula is C22H30N6O4. The number of piperazine rings is 1. The van der Waals surface area contributed by atoms with E-state index in [0.29, 0.717) is 37.5 Å². The van der Waals surface area contributed by atoms with Gasteiger partial charge in [-0.2, -0.15) is 0 Å². The summed E-state index contributed by atoms with van der Waals surface area (Å²) in [6, 6.07) is 8.11. The van der Waals surface area contributed by atoms with Gasteiger partial charge in [0.15, 0.2) is 11.2 Å². The number of benzene rings is 1. The van der Waals surface area contributed by atoms with Crippen LogP contribution in [-0.2, 0) is 24.9 Å². The zero-order valence-corrected chi connectivity index (χ0v) is 18.8. The first-order valence-electron chi connectivity index (χ1n) is 10.9. The Kier molecular flexibility index (Phi) is 6.61. The average Bonchev–Trinajstić information content (AvgIpc) is 3.17. The van der Waals surface area contributed by atoms with Crippen LogP contribution < -0.4 is 20.9 Å². The second-order valence-electron chi connectivity index (χ2n) is 7.83. The molecule has 0 bridgehead atoms. The van der Waals surface area contributed by atoms with Gasteiger partial charge in [0, 0.05) is 52.1 Å². The Morgan fingerprint density at radius 1 is 1.09 bits per heavy atom. The fourth-order valence-corrected chi connectivity index (χ4v) is 4.10. The molecule has 0 saturated carbocycles. The Hall–Kier alpha value is -3.11. The van der Waals surface area contributed by atoms with Crippen LogP contribution in [0.1, 0.15) is 12.7 Å². The normalized spacial score (nSPS) is 14.9. The molecule has 0 radical (unpaired) electrons. The molecule has 3 heterocycles. The van der Waals surface area contributed by atoms with Crippen LogP contribution in [0.4, 0.5) is 5.69 Å². The molecule has 32 heavy (non-hydrogen) atoms. The lowest BCUT2D eigenvalue weighted by molar-refractivity contribution is 0.138. The molecule has 0 amide bonds. The van der Waals surface area contributed by atoms with Crippen molar-refractivity contribution < 1.29 is 9.47 Å². The molecule has 10 nitrogen and oxygen atoms in total. The van der Waals surface area contributed by atoms with Gasteiger partial charge in [0.25, 0.3) is 5.56 Å². The lowest BCUT2D eigenvalue weighted by atomic mass is 10.2. The van der Waals surface area contributed by atoms with Crippen molar-refractivity contribution in [1.29, 1.82) is 0 Å². The summed E-state index contributed by atoms with van der Waals surface area (Å²) >= 11 is 0. The highest BCUT2D eigenvalue weighted by Gasteiger charge is 2.22. The molecule has 1 fully saturated rings. The van der Waals surface area contributed by atoms with Gasteiger partial charge in [0.1, 0.15) is 11.6 Å². The van der Waals surface area contributed by atoms with Crippen molar-refractivity contribution in [2.24, 2.45) is 7.05 Å². The van der Waals surface area contributed by atoms with Crippen molar-refractivity contribution in [3.8, 4) is 5.75 Å². The van der Waals surface area contributed by atoms with Crippen LogP contribution in [0.15, 0.2) is 33.9 Å². The van der Waals surface area contributed by atoms with E-state index < -0.39 is 11.2 Å². The van der Waals surface area contributed by atoms with Gasteiger partial charge in [-0.3, -0.25) is 19.2 Å². The number of aryl methyl sites for hydroxylation is 1. The summed E-state index contributed by atoms with van der Waals surface area (Å²) in [7, 11) is 3.29. The first kappa shape index (κ1) is 22.1. The Morgan fingerprint density at radius 3 is 2.47 bits per heavy atom. The molecule has 1 aliphatic rings. The number of aromatic nitrogens is 4. The van der Waals surface area contributed by atoms with Crippen LogP contribution in [0.5, 0.6) is 5.75 Å². The highest BCUT2D eigenvalue weighted by atomic mass is 16.5. The van der Waals surface area contributed by atoms with Gasteiger partial charge in [-0.15, -0.1) is 0 Å². The molecule has 2 aromatic heterocycles. The Morgan fingerprint density at radius 2 is 1.81 bits per heavy atom. The van der Waals surface area contributed by atoms with Crippen molar-refractivity contribution in [2.75, 3.05) is 51.4 Å². The molecule has 1 aromatic carbocycles. The van der Waals surface area contributed by atoms with Crippen LogP contribution in [0.25, 0.3) is 11.2 Å². The minimum atomic E-state index is -0.461. The quantitative estimate of drug-likeness (QED) is 0.515. The third-order valence-corrected chi connectivity index (χ3v) is 5.92. The lowest BCUT2D eigenvalue weighted by Crippen LogP contribution is -2.46. The van der Waals surface area contributed by atoms with Crippen LogP contribution >= 0.6 is 0 Å². The number of aromatic amines is 1. The molecule has 1 saturated heterocycles. The maximum absolute atomic E-state index is 12.6. The van der Waals surface area contributed by atoms with Crippen molar-refractivity contribution in [3.63, 3.8) is 0 Å². The zero-order chi connectivity index (χ0) is 22.7. The monoisotopic (exact) mass is 442 g/mol. The predicted molar refractivity (Wildman–Crippen MR) is 123 cm³/mol. The zero-order valence-electron chi connectivity index (χ0n) is 18.8. The van der Waals surface area contributed by atoms with Gasteiger partial charge in [-0.05, 0) is 31.2 Å². The highest BCUT2D eigenvalue weighted by molar-refractivity contribution is 5.70. The van der Waals surface area contributed by atoms with E-state index in [2.05, 4.69) is 31.9 Å². The molecule has 0 spiro atoms. The van der Waals surface area contributed by atoms with Crippen molar-refractivity contribution in [1.82, 2.24) is 24.0 Å². The minimum Gasteiger partial charge on any atom is -0.497 e. The first-order valence-corrected chi connectivity index (χ1v) is 10.9. The number of hydrogen-bond donors (Lipinski definition) is 1. The third kappa shape index (κ3) is 4.42. The SMILES string of the molecule is CCOCCn1c(CN2CCN(c3ccc(OC)cc3)CC2)nc2c1c(=O)[nH]c(=O)n2C. The number of imidazole rings is 1. The largest absolute Gasteiger partial charge is 0.497 e. The van der Waals surface area contributed by atoms with E-state index in [0.717, 1.165) is 37.8 Å². The summed E-state index contributed by atoms with van der Waals surface area (Å²) < 4.78 is 14.0. The smallest absolute Gasteiger partial charge is 0.329 e. The standard InChI is InChI=1S/C22H30N6O4/c1-4-32-14-13-28-18(23-20-19(28)21(29)24-22(30)25(20)2)15-26-9-11-27(12-10-26)16-5-7-17(31-3)8-6-16/h5-8H,4,9-15H2,1-3H3,(H,24,29,30). The predicted octanol–water partition coefficient (Wildman–Crippen LogP) is 0.791. The summed E-state index contributed by atoms with van der Waals surface area (Å²) in [5, 5.41) is 0. The molecule has 4 rings (SSSR count). The second kappa shape index (κ2) is 9.58. The number of H-pyrrole nitrogens is 1. The molecule has 3 aromatic rings. The van der Waals surface area contributed by atoms with E-state index in [9.17, 15) is 9.59 Å². The molecule has 1 aliphatic heterocycles. The summed E-state index contributed by atoms with van der Waals surface area (Å²) in [5.74, 6) is 1.62. The van der Waals surface area contributed by atoms with Gasteiger partial charge in [-0.1, -0.05) is 0 Å². The van der Waals surface area contributed by atoms with Crippen molar-refractivity contribution in [2.45, 2.75) is 20.0 Å². The number of rotatable bonds is 8. The summed E-state index contributed by atoms with van der Waals surface area (Å²) in [5.41, 5.74) is 1.12. The Balaban J connectivity index is 1.53. The fourth-order valence-electron chi connectivity index (χ4n) is 4.10. The van der Waals surface area contributed by atoms with Gasteiger partial charge in [-0.25, -0.2) is 9.78 Å². The average molecular weight is 443 g/mol. The number of anilines is 1. The molecule has 172 valence electrons. The fraction of sp³-hybridized carbons (Fsp3) is 0.500. The van der Waals surface area contributed by atoms with E-state index in [4.69, 9.17) is 9.47 Å². The second-order valence-corrected chi connectivity index (χ2v) is 7.83. The van der Waals surface area contributed by atoms with Crippen LogP contribution in [0.2, 0.25) is 0 Å². The first-order chi connectivity index (χ1) is 15.5. The number of ether oxygens (including phenoxy) is 2. The lowest BCUT2D eigenvalue weighted by Gasteiger charge is -2.36. The summed E-state index contributed by atoms with van der Waals surface area (Å²) in [4.78, 5) is 36.3. The van der Waals surface area contributed by atoms with Crippen LogP contribution in [0, 0.1) is 0 Å².